The summed E-state index contributed by atoms with van der Waals surface area (Å²) in [5, 5.41) is 18.4. The van der Waals surface area contributed by atoms with E-state index < -0.39 is 0 Å². The Morgan fingerprint density at radius 3 is 2.74 bits per heavy atom. The van der Waals surface area contributed by atoms with Gasteiger partial charge in [-0.15, -0.1) is 10.2 Å². The van der Waals surface area contributed by atoms with E-state index in [9.17, 15) is 9.18 Å². The summed E-state index contributed by atoms with van der Waals surface area (Å²) >= 11 is 0. The zero-order valence-corrected chi connectivity index (χ0v) is 14.0. The number of aromatic nitrogens is 6. The quantitative estimate of drug-likeness (QED) is 0.553. The Labute approximate surface area is 152 Å². The van der Waals surface area contributed by atoms with Crippen LogP contribution in [0.1, 0.15) is 5.69 Å². The summed E-state index contributed by atoms with van der Waals surface area (Å²) in [7, 11) is 0. The summed E-state index contributed by atoms with van der Waals surface area (Å²) in [5.41, 5.74) is 2.49. The van der Waals surface area contributed by atoms with Crippen molar-refractivity contribution in [2.45, 2.75) is 13.2 Å². The van der Waals surface area contributed by atoms with Gasteiger partial charge in [0.15, 0.2) is 6.61 Å². The van der Waals surface area contributed by atoms with Crippen molar-refractivity contribution in [1.29, 1.82) is 0 Å². The van der Waals surface area contributed by atoms with E-state index in [0.29, 0.717) is 11.4 Å². The first kappa shape index (κ1) is 16.6. The Morgan fingerprint density at radius 2 is 1.89 bits per heavy atom. The molecule has 1 amide bonds. The minimum absolute atomic E-state index is 0.0311. The number of carbonyl (C=O) groups is 1. The van der Waals surface area contributed by atoms with E-state index in [1.807, 2.05) is 24.3 Å². The van der Waals surface area contributed by atoms with Gasteiger partial charge in [0.05, 0.1) is 6.20 Å². The molecule has 0 aliphatic rings. The molecule has 9 nitrogen and oxygen atoms in total. The van der Waals surface area contributed by atoms with Gasteiger partial charge < -0.3 is 10.2 Å². The molecule has 2 aromatic carbocycles. The van der Waals surface area contributed by atoms with Gasteiger partial charge in [-0.05, 0) is 41.6 Å². The number of nitrogens with one attached hydrogen (secondary N) is 1. The Bertz CT molecular complexity index is 1070. The molecule has 0 atom stereocenters. The maximum atomic E-state index is 12.9. The third-order valence-electron chi connectivity index (χ3n) is 3.68. The summed E-state index contributed by atoms with van der Waals surface area (Å²) in [6.45, 7) is 0.0869. The lowest BCUT2D eigenvalue weighted by Gasteiger charge is -2.04. The number of hydrogen-bond acceptors (Lipinski definition) is 6. The number of nitrogens with zero attached hydrogens (tertiary/aromatic N) is 6. The fraction of sp³-hybridized carbons (Fsp3) is 0.118. The minimum Gasteiger partial charge on any atom is -0.388 e. The molecular formula is C17H14FN7O2. The first-order valence-corrected chi connectivity index (χ1v) is 8.05. The van der Waals surface area contributed by atoms with Crippen molar-refractivity contribution in [3.8, 4) is 0 Å². The van der Waals surface area contributed by atoms with Crippen LogP contribution < -0.4 is 10.2 Å². The highest BCUT2D eigenvalue weighted by molar-refractivity contribution is 5.90. The van der Waals surface area contributed by atoms with E-state index in [1.54, 1.807) is 6.20 Å². The molecule has 0 radical (unpaired) electrons. The van der Waals surface area contributed by atoms with Crippen LogP contribution in [0.5, 0.6) is 0 Å². The topological polar surface area (TPSA) is 99.8 Å². The first-order valence-electron chi connectivity index (χ1n) is 8.05. The lowest BCUT2D eigenvalue weighted by Crippen LogP contribution is -2.19. The lowest BCUT2D eigenvalue weighted by atomic mass is 10.3. The average Bonchev–Trinajstić information content (AvgIpc) is 3.28. The predicted octanol–water partition coefficient (Wildman–Crippen LogP) is 1.43. The van der Waals surface area contributed by atoms with Gasteiger partial charge in [-0.1, -0.05) is 22.2 Å². The highest BCUT2D eigenvalue weighted by atomic mass is 19.1. The van der Waals surface area contributed by atoms with Gasteiger partial charge in [0, 0.05) is 5.69 Å². The second-order valence-electron chi connectivity index (χ2n) is 5.69. The third kappa shape index (κ3) is 3.89. The molecule has 0 bridgehead atoms. The average molecular weight is 367 g/mol. The monoisotopic (exact) mass is 367 g/mol. The van der Waals surface area contributed by atoms with E-state index >= 15 is 0 Å². The van der Waals surface area contributed by atoms with E-state index in [0.717, 1.165) is 11.0 Å². The third-order valence-corrected chi connectivity index (χ3v) is 3.68. The summed E-state index contributed by atoms with van der Waals surface area (Å²) < 4.78 is 14.3. The zero-order chi connectivity index (χ0) is 18.6. The Morgan fingerprint density at radius 1 is 1.07 bits per heavy atom. The standard InChI is InChI=1S/C17H14FN7O2/c18-12-5-7-13(8-6-12)19-17(26)10-24-9-14(20-22-24)11-27-25-16-4-2-1-3-15(16)21-23-25/h1-9H,10-11H2,(H,19,26). The van der Waals surface area contributed by atoms with Crippen LogP contribution >= 0.6 is 0 Å². The molecule has 2 aromatic heterocycles. The maximum Gasteiger partial charge on any atom is 0.246 e. The lowest BCUT2D eigenvalue weighted by molar-refractivity contribution is -0.116. The number of amides is 1. The van der Waals surface area contributed by atoms with Gasteiger partial charge >= 0.3 is 0 Å². The number of fused-ring (bicyclic) bond motifs is 1. The van der Waals surface area contributed by atoms with Crippen LogP contribution in [0.15, 0.2) is 54.7 Å². The number of hydrogen-bond donors (Lipinski definition) is 1. The largest absolute Gasteiger partial charge is 0.388 e. The second kappa shape index (κ2) is 7.20. The fourth-order valence-corrected chi connectivity index (χ4v) is 2.43. The van der Waals surface area contributed by atoms with Crippen molar-refractivity contribution in [3.63, 3.8) is 0 Å². The first-order chi connectivity index (χ1) is 13.2. The summed E-state index contributed by atoms with van der Waals surface area (Å²) in [6, 6.07) is 12.9. The van der Waals surface area contributed by atoms with Crippen molar-refractivity contribution in [2.75, 3.05) is 5.32 Å². The molecule has 0 spiro atoms. The maximum absolute atomic E-state index is 12.9. The predicted molar refractivity (Wildman–Crippen MR) is 92.9 cm³/mol. The van der Waals surface area contributed by atoms with Gasteiger partial charge in [0.2, 0.25) is 5.91 Å². The van der Waals surface area contributed by atoms with Crippen LogP contribution in [0.2, 0.25) is 0 Å². The molecular weight excluding hydrogens is 353 g/mol. The molecule has 4 rings (SSSR count). The molecule has 0 unspecified atom stereocenters. The Balaban J connectivity index is 1.34. The van der Waals surface area contributed by atoms with E-state index in [4.69, 9.17) is 4.84 Å². The van der Waals surface area contributed by atoms with Crippen LogP contribution in [0.4, 0.5) is 10.1 Å². The number of benzene rings is 2. The number of carbonyl (C=O) groups excluding carboxylic acids is 1. The second-order valence-corrected chi connectivity index (χ2v) is 5.69. The van der Waals surface area contributed by atoms with E-state index in [1.165, 1.54) is 33.8 Å². The molecule has 0 fully saturated rings. The number of anilines is 1. The van der Waals surface area contributed by atoms with Gasteiger partial charge in [0.25, 0.3) is 0 Å². The molecule has 1 N–H and O–H groups in total. The van der Waals surface area contributed by atoms with Crippen LogP contribution in [0.3, 0.4) is 0 Å². The van der Waals surface area contributed by atoms with E-state index in [-0.39, 0.29) is 24.9 Å². The van der Waals surface area contributed by atoms with Crippen molar-refractivity contribution in [2.24, 2.45) is 0 Å². The van der Waals surface area contributed by atoms with E-state index in [2.05, 4.69) is 25.9 Å². The molecule has 4 aromatic rings. The summed E-state index contributed by atoms with van der Waals surface area (Å²) in [5.74, 6) is -0.671. The van der Waals surface area contributed by atoms with Gasteiger partial charge in [0.1, 0.15) is 29.1 Å². The van der Waals surface area contributed by atoms with Gasteiger partial charge in [-0.25, -0.2) is 9.07 Å². The number of para-hydroxylation sites is 1. The summed E-state index contributed by atoms with van der Waals surface area (Å²) in [4.78, 5) is 18.9. The molecule has 0 saturated heterocycles. The van der Waals surface area contributed by atoms with Crippen LogP contribution in [-0.2, 0) is 17.9 Å². The fourth-order valence-electron chi connectivity index (χ4n) is 2.43. The van der Waals surface area contributed by atoms with Crippen molar-refractivity contribution in [3.05, 3.63) is 66.2 Å². The molecule has 0 saturated carbocycles. The molecule has 2 heterocycles. The molecule has 0 aliphatic carbocycles. The zero-order valence-electron chi connectivity index (χ0n) is 14.0. The SMILES string of the molecule is O=C(Cn1cc(COn2nnc3ccccc32)nn1)Nc1ccc(F)cc1. The van der Waals surface area contributed by atoms with Crippen LogP contribution in [0.25, 0.3) is 11.0 Å². The molecule has 27 heavy (non-hydrogen) atoms. The Kier molecular flexibility index (Phi) is 4.44. The molecule has 10 heteroatoms. The smallest absolute Gasteiger partial charge is 0.246 e. The van der Waals surface area contributed by atoms with Gasteiger partial charge in [-0.2, -0.15) is 0 Å². The highest BCUT2D eigenvalue weighted by Gasteiger charge is 2.09. The Hall–Kier alpha value is -3.82. The summed E-state index contributed by atoms with van der Waals surface area (Å²) in [6.07, 6.45) is 1.60. The molecule has 0 aliphatic heterocycles. The van der Waals surface area contributed by atoms with Crippen molar-refractivity contribution >= 4 is 22.6 Å². The molecule has 136 valence electrons. The van der Waals surface area contributed by atoms with Crippen molar-refractivity contribution < 1.29 is 14.0 Å². The normalized spacial score (nSPS) is 10.9. The van der Waals surface area contributed by atoms with Gasteiger partial charge in [-0.3, -0.25) is 4.79 Å². The van der Waals surface area contributed by atoms with Crippen LogP contribution in [-0.4, -0.2) is 36.1 Å². The number of rotatable bonds is 6. The van der Waals surface area contributed by atoms with Crippen molar-refractivity contribution in [1.82, 2.24) is 30.2 Å². The van der Waals surface area contributed by atoms with Crippen LogP contribution in [0, 0.1) is 5.82 Å². The highest BCUT2D eigenvalue weighted by Crippen LogP contribution is 2.09. The number of halogens is 1. The minimum atomic E-state index is -0.367.